The van der Waals surface area contributed by atoms with Crippen molar-refractivity contribution in [1.29, 1.82) is 0 Å². The summed E-state index contributed by atoms with van der Waals surface area (Å²) in [4.78, 5) is 12.8. The number of aryl methyl sites for hydroxylation is 1. The average Bonchev–Trinajstić information content (AvgIpc) is 2.46. The third kappa shape index (κ3) is 4.40. The summed E-state index contributed by atoms with van der Waals surface area (Å²) < 4.78 is 65.6. The van der Waals surface area contributed by atoms with Crippen LogP contribution in [0.4, 0.5) is 22.0 Å². The van der Waals surface area contributed by atoms with Gasteiger partial charge in [0.2, 0.25) is 5.91 Å². The predicted octanol–water partition coefficient (Wildman–Crippen LogP) is 2.78. The van der Waals surface area contributed by atoms with Gasteiger partial charge in [0.15, 0.2) is 0 Å². The summed E-state index contributed by atoms with van der Waals surface area (Å²) in [5.41, 5.74) is 5.61. The minimum atomic E-state index is -4.53. The van der Waals surface area contributed by atoms with Crippen molar-refractivity contribution in [3.8, 4) is 0 Å². The molecule has 2 N–H and O–H groups in total. The van der Waals surface area contributed by atoms with Crippen LogP contribution < -0.4 is 5.73 Å². The Balaban J connectivity index is 2.06. The lowest BCUT2D eigenvalue weighted by Crippen LogP contribution is -2.56. The van der Waals surface area contributed by atoms with Crippen molar-refractivity contribution in [2.75, 3.05) is 6.54 Å². The van der Waals surface area contributed by atoms with Crippen molar-refractivity contribution >= 4 is 5.91 Å². The monoisotopic (exact) mass is 336 g/mol. The van der Waals surface area contributed by atoms with E-state index in [1.54, 1.807) is 0 Å². The number of likely N-dealkylation sites (tertiary alicyclic amines) is 1. The van der Waals surface area contributed by atoms with Gasteiger partial charge in [0.25, 0.3) is 0 Å². The molecule has 23 heavy (non-hydrogen) atoms. The van der Waals surface area contributed by atoms with Gasteiger partial charge in [0.05, 0.1) is 0 Å². The van der Waals surface area contributed by atoms with E-state index in [-0.39, 0.29) is 37.8 Å². The first kappa shape index (κ1) is 17.7. The van der Waals surface area contributed by atoms with E-state index in [2.05, 4.69) is 0 Å². The Kier molecular flexibility index (Phi) is 5.23. The molecule has 0 aliphatic carbocycles. The highest BCUT2D eigenvalue weighted by molar-refractivity contribution is 5.77. The molecule has 8 heteroatoms. The first-order valence-corrected chi connectivity index (χ1v) is 7.24. The number of benzene rings is 1. The smallest absolute Gasteiger partial charge is 0.329 e. The topological polar surface area (TPSA) is 46.3 Å². The van der Waals surface area contributed by atoms with Gasteiger partial charge in [-0.1, -0.05) is 0 Å². The van der Waals surface area contributed by atoms with Crippen molar-refractivity contribution < 1.29 is 26.7 Å². The molecule has 1 aromatic rings. The number of nitrogens with zero attached hydrogens (tertiary/aromatic N) is 1. The van der Waals surface area contributed by atoms with Gasteiger partial charge in [-0.2, -0.15) is 13.2 Å². The normalized spacial score (nSPS) is 22.3. The molecule has 2 unspecified atom stereocenters. The van der Waals surface area contributed by atoms with Crippen molar-refractivity contribution in [2.45, 2.75) is 43.9 Å². The summed E-state index contributed by atoms with van der Waals surface area (Å²) in [6.45, 7) is -0.186. The zero-order valence-electron chi connectivity index (χ0n) is 12.2. The Morgan fingerprint density at radius 1 is 1.26 bits per heavy atom. The highest BCUT2D eigenvalue weighted by atomic mass is 19.4. The van der Waals surface area contributed by atoms with Gasteiger partial charge in [-0.25, -0.2) is 8.78 Å². The van der Waals surface area contributed by atoms with E-state index in [0.717, 1.165) is 18.2 Å². The second kappa shape index (κ2) is 6.82. The standard InChI is InChI=1S/C15H17F5N2O/c16-10-2-4-12(17)9(7-10)1-6-14(23)22-8-11(21)3-5-13(22)15(18,19)20/h2,4,7,11,13H,1,3,5-6,8,21H2. The maximum Gasteiger partial charge on any atom is 0.408 e. The lowest BCUT2D eigenvalue weighted by molar-refractivity contribution is -0.196. The molecule has 0 saturated carbocycles. The lowest BCUT2D eigenvalue weighted by Gasteiger charge is -2.39. The van der Waals surface area contributed by atoms with Crippen LogP contribution in [0.15, 0.2) is 18.2 Å². The molecule has 1 fully saturated rings. The first-order valence-electron chi connectivity index (χ1n) is 7.24. The number of rotatable bonds is 3. The minimum Gasteiger partial charge on any atom is -0.329 e. The molecular formula is C15H17F5N2O. The number of piperidine rings is 1. The van der Waals surface area contributed by atoms with Crippen molar-refractivity contribution in [1.82, 2.24) is 4.90 Å². The molecule has 2 rings (SSSR count). The SMILES string of the molecule is NC1CCC(C(F)(F)F)N(C(=O)CCc2cc(F)ccc2F)C1. The van der Waals surface area contributed by atoms with Gasteiger partial charge >= 0.3 is 6.18 Å². The number of carbonyl (C=O) groups is 1. The summed E-state index contributed by atoms with van der Waals surface area (Å²) in [5, 5.41) is 0. The molecule has 0 spiro atoms. The molecule has 1 amide bonds. The summed E-state index contributed by atoms with van der Waals surface area (Å²) in [5.74, 6) is -2.12. The van der Waals surface area contributed by atoms with Gasteiger partial charge in [0.1, 0.15) is 17.7 Å². The number of hydrogen-bond acceptors (Lipinski definition) is 2. The number of alkyl halides is 3. The minimum absolute atomic E-state index is 0.0387. The zero-order chi connectivity index (χ0) is 17.2. The van der Waals surface area contributed by atoms with Crippen LogP contribution in [0.25, 0.3) is 0 Å². The van der Waals surface area contributed by atoms with Crippen LogP contribution in [0.3, 0.4) is 0 Å². The maximum absolute atomic E-state index is 13.5. The van der Waals surface area contributed by atoms with Gasteiger partial charge in [-0.05, 0) is 43.0 Å². The predicted molar refractivity (Wildman–Crippen MR) is 73.4 cm³/mol. The zero-order valence-corrected chi connectivity index (χ0v) is 12.2. The second-order valence-electron chi connectivity index (χ2n) is 5.68. The van der Waals surface area contributed by atoms with Gasteiger partial charge in [-0.15, -0.1) is 0 Å². The Labute approximate surface area is 130 Å². The van der Waals surface area contributed by atoms with Crippen molar-refractivity contribution in [2.24, 2.45) is 5.73 Å². The number of carbonyl (C=O) groups excluding carboxylic acids is 1. The van der Waals surface area contributed by atoms with E-state index in [0.29, 0.717) is 4.90 Å². The second-order valence-corrected chi connectivity index (χ2v) is 5.68. The average molecular weight is 336 g/mol. The lowest BCUT2D eigenvalue weighted by atomic mass is 9.97. The van der Waals surface area contributed by atoms with Gasteiger partial charge < -0.3 is 10.6 Å². The van der Waals surface area contributed by atoms with E-state index in [1.807, 2.05) is 0 Å². The molecule has 0 bridgehead atoms. The molecule has 1 aliphatic heterocycles. The highest BCUT2D eigenvalue weighted by Crippen LogP contribution is 2.32. The molecule has 0 aromatic heterocycles. The number of nitrogens with two attached hydrogens (primary N) is 1. The van der Waals surface area contributed by atoms with E-state index >= 15 is 0 Å². The first-order chi connectivity index (χ1) is 10.7. The van der Waals surface area contributed by atoms with E-state index in [9.17, 15) is 26.7 Å². The van der Waals surface area contributed by atoms with Crippen molar-refractivity contribution in [3.63, 3.8) is 0 Å². The summed E-state index contributed by atoms with van der Waals surface area (Å²) >= 11 is 0. The molecule has 1 aromatic carbocycles. The van der Waals surface area contributed by atoms with Gasteiger partial charge in [0, 0.05) is 19.0 Å². The molecule has 1 saturated heterocycles. The van der Waals surface area contributed by atoms with Crippen LogP contribution in [-0.2, 0) is 11.2 Å². The van der Waals surface area contributed by atoms with Crippen LogP contribution in [0.2, 0.25) is 0 Å². The largest absolute Gasteiger partial charge is 0.408 e. The van der Waals surface area contributed by atoms with Gasteiger partial charge in [-0.3, -0.25) is 4.79 Å². The molecule has 0 radical (unpaired) electrons. The van der Waals surface area contributed by atoms with Crippen LogP contribution in [0, 0.1) is 11.6 Å². The number of hydrogen-bond donors (Lipinski definition) is 1. The fourth-order valence-electron chi connectivity index (χ4n) is 2.74. The molecule has 1 aliphatic rings. The van der Waals surface area contributed by atoms with Crippen LogP contribution in [0.5, 0.6) is 0 Å². The molecule has 1 heterocycles. The third-order valence-electron chi connectivity index (χ3n) is 3.93. The van der Waals surface area contributed by atoms with Crippen LogP contribution >= 0.6 is 0 Å². The van der Waals surface area contributed by atoms with Crippen LogP contribution in [0.1, 0.15) is 24.8 Å². The Hall–Kier alpha value is -1.70. The Morgan fingerprint density at radius 3 is 2.61 bits per heavy atom. The molecule has 2 atom stereocenters. The molecule has 128 valence electrons. The maximum atomic E-state index is 13.5. The molecular weight excluding hydrogens is 319 g/mol. The van der Waals surface area contributed by atoms with Crippen LogP contribution in [-0.4, -0.2) is 35.6 Å². The third-order valence-corrected chi connectivity index (χ3v) is 3.93. The van der Waals surface area contributed by atoms with E-state index < -0.39 is 35.8 Å². The Bertz CT molecular complexity index is 575. The fourth-order valence-corrected chi connectivity index (χ4v) is 2.74. The summed E-state index contributed by atoms with van der Waals surface area (Å²) in [6.07, 6.45) is -5.09. The number of amides is 1. The van der Waals surface area contributed by atoms with E-state index in [1.165, 1.54) is 0 Å². The quantitative estimate of drug-likeness (QED) is 0.863. The van der Waals surface area contributed by atoms with E-state index in [4.69, 9.17) is 5.73 Å². The fraction of sp³-hybridized carbons (Fsp3) is 0.533. The van der Waals surface area contributed by atoms with Crippen molar-refractivity contribution in [3.05, 3.63) is 35.4 Å². The summed E-state index contributed by atoms with van der Waals surface area (Å²) in [7, 11) is 0. The summed E-state index contributed by atoms with van der Waals surface area (Å²) in [6, 6.07) is 0.413. The molecule has 3 nitrogen and oxygen atoms in total. The Morgan fingerprint density at radius 2 is 1.96 bits per heavy atom. The number of halogens is 5. The highest BCUT2D eigenvalue weighted by Gasteiger charge is 2.47.